The number of Topliss-reactive ketones (excluding diaryl/α,β-unsaturated/α-hetero) is 1. The zero-order valence-electron chi connectivity index (χ0n) is 9.17. The maximum atomic E-state index is 12.1. The summed E-state index contributed by atoms with van der Waals surface area (Å²) in [5, 5.41) is 0. The molecule has 1 aromatic heterocycles. The quantitative estimate of drug-likeness (QED) is 0.691. The summed E-state index contributed by atoms with van der Waals surface area (Å²) in [6.07, 6.45) is 0.464. The third-order valence-electron chi connectivity index (χ3n) is 2.53. The SMILES string of the molecule is Cc1ccccc1CC(=O)c1cc(Br)c(Br)s1. The van der Waals surface area contributed by atoms with E-state index >= 15 is 0 Å². The van der Waals surface area contributed by atoms with Crippen LogP contribution in [0, 0.1) is 6.92 Å². The Morgan fingerprint density at radius 2 is 2.00 bits per heavy atom. The summed E-state index contributed by atoms with van der Waals surface area (Å²) >= 11 is 8.27. The average molecular weight is 374 g/mol. The number of halogens is 2. The van der Waals surface area contributed by atoms with Crippen LogP contribution < -0.4 is 0 Å². The van der Waals surface area contributed by atoms with Crippen molar-refractivity contribution < 1.29 is 4.79 Å². The van der Waals surface area contributed by atoms with Crippen molar-refractivity contribution in [3.05, 3.63) is 54.6 Å². The third-order valence-corrected chi connectivity index (χ3v) is 5.83. The zero-order chi connectivity index (χ0) is 12.4. The molecule has 0 saturated heterocycles. The molecule has 1 heterocycles. The van der Waals surface area contributed by atoms with Crippen LogP contribution in [0.2, 0.25) is 0 Å². The monoisotopic (exact) mass is 372 g/mol. The van der Waals surface area contributed by atoms with Crippen LogP contribution in [-0.2, 0) is 6.42 Å². The van der Waals surface area contributed by atoms with Gasteiger partial charge in [0.25, 0.3) is 0 Å². The second kappa shape index (κ2) is 5.46. The molecule has 0 N–H and O–H groups in total. The van der Waals surface area contributed by atoms with E-state index in [1.54, 1.807) is 0 Å². The predicted molar refractivity (Wildman–Crippen MR) is 78.9 cm³/mol. The van der Waals surface area contributed by atoms with Crippen molar-refractivity contribution in [1.29, 1.82) is 0 Å². The van der Waals surface area contributed by atoms with Crippen molar-refractivity contribution in [3.8, 4) is 0 Å². The molecule has 0 bridgehead atoms. The molecule has 2 rings (SSSR count). The number of benzene rings is 1. The Bertz CT molecular complexity index is 541. The van der Waals surface area contributed by atoms with E-state index in [-0.39, 0.29) is 5.78 Å². The van der Waals surface area contributed by atoms with Crippen LogP contribution >= 0.6 is 43.2 Å². The van der Waals surface area contributed by atoms with Crippen LogP contribution in [0.4, 0.5) is 0 Å². The molecule has 0 radical (unpaired) electrons. The molecule has 0 unspecified atom stereocenters. The summed E-state index contributed by atoms with van der Waals surface area (Å²) in [5.41, 5.74) is 2.26. The largest absolute Gasteiger partial charge is 0.293 e. The topological polar surface area (TPSA) is 17.1 Å². The van der Waals surface area contributed by atoms with Crippen LogP contribution in [0.5, 0.6) is 0 Å². The Balaban J connectivity index is 2.20. The molecule has 0 aliphatic rings. The molecule has 0 saturated carbocycles. The van der Waals surface area contributed by atoms with E-state index < -0.39 is 0 Å². The molecular formula is C13H10Br2OS. The Labute approximate surface area is 121 Å². The number of hydrogen-bond acceptors (Lipinski definition) is 2. The summed E-state index contributed by atoms with van der Waals surface area (Å²) in [7, 11) is 0. The van der Waals surface area contributed by atoms with Gasteiger partial charge in [-0.2, -0.15) is 0 Å². The lowest BCUT2D eigenvalue weighted by molar-refractivity contribution is 0.0996. The summed E-state index contributed by atoms with van der Waals surface area (Å²) in [6.45, 7) is 2.03. The van der Waals surface area contributed by atoms with Gasteiger partial charge in [0.2, 0.25) is 0 Å². The minimum absolute atomic E-state index is 0.163. The number of aryl methyl sites for hydroxylation is 1. The van der Waals surface area contributed by atoms with E-state index in [2.05, 4.69) is 31.9 Å². The van der Waals surface area contributed by atoms with Gasteiger partial charge < -0.3 is 0 Å². The van der Waals surface area contributed by atoms with E-state index in [0.717, 1.165) is 24.3 Å². The summed E-state index contributed by atoms with van der Waals surface area (Å²) in [5.74, 6) is 0.163. The van der Waals surface area contributed by atoms with E-state index in [1.807, 2.05) is 37.3 Å². The number of carbonyl (C=O) groups excluding carboxylic acids is 1. The van der Waals surface area contributed by atoms with Crippen molar-refractivity contribution in [2.75, 3.05) is 0 Å². The number of carbonyl (C=O) groups is 1. The fraction of sp³-hybridized carbons (Fsp3) is 0.154. The highest BCUT2D eigenvalue weighted by Crippen LogP contribution is 2.33. The lowest BCUT2D eigenvalue weighted by Crippen LogP contribution is -2.02. The predicted octanol–water partition coefficient (Wildman–Crippen LogP) is 5.01. The van der Waals surface area contributed by atoms with Gasteiger partial charge in [0, 0.05) is 10.9 Å². The van der Waals surface area contributed by atoms with Crippen LogP contribution in [0.15, 0.2) is 38.6 Å². The van der Waals surface area contributed by atoms with Crippen LogP contribution in [0.3, 0.4) is 0 Å². The highest BCUT2D eigenvalue weighted by Gasteiger charge is 2.13. The first-order valence-corrected chi connectivity index (χ1v) is 7.50. The molecule has 0 fully saturated rings. The summed E-state index contributed by atoms with van der Waals surface area (Å²) in [6, 6.07) is 9.86. The molecule has 1 nitrogen and oxygen atoms in total. The van der Waals surface area contributed by atoms with E-state index in [9.17, 15) is 4.79 Å². The second-order valence-corrected chi connectivity index (χ2v) is 6.98. The average Bonchev–Trinajstić information content (AvgIpc) is 2.63. The molecule has 17 heavy (non-hydrogen) atoms. The Kier molecular flexibility index (Phi) is 4.17. The highest BCUT2D eigenvalue weighted by molar-refractivity contribution is 9.13. The second-order valence-electron chi connectivity index (χ2n) is 3.76. The molecule has 2 aromatic rings. The number of rotatable bonds is 3. The zero-order valence-corrected chi connectivity index (χ0v) is 13.2. The first kappa shape index (κ1) is 13.0. The fourth-order valence-electron chi connectivity index (χ4n) is 1.55. The van der Waals surface area contributed by atoms with Gasteiger partial charge in [0.05, 0.1) is 8.66 Å². The third kappa shape index (κ3) is 3.06. The summed E-state index contributed by atoms with van der Waals surface area (Å²) < 4.78 is 1.90. The lowest BCUT2D eigenvalue weighted by Gasteiger charge is -2.03. The maximum Gasteiger partial charge on any atom is 0.177 e. The molecule has 0 spiro atoms. The number of hydrogen-bond donors (Lipinski definition) is 0. The van der Waals surface area contributed by atoms with Gasteiger partial charge in [-0.3, -0.25) is 4.79 Å². The van der Waals surface area contributed by atoms with Gasteiger partial charge in [-0.15, -0.1) is 11.3 Å². The molecular weight excluding hydrogens is 364 g/mol. The van der Waals surface area contributed by atoms with Gasteiger partial charge in [0.1, 0.15) is 0 Å². The Morgan fingerprint density at radius 1 is 1.29 bits per heavy atom. The number of thiophene rings is 1. The minimum Gasteiger partial charge on any atom is -0.293 e. The normalized spacial score (nSPS) is 10.5. The number of ketones is 1. The molecule has 4 heteroatoms. The first-order valence-electron chi connectivity index (χ1n) is 5.10. The van der Waals surface area contributed by atoms with Crippen molar-refractivity contribution in [2.45, 2.75) is 13.3 Å². The van der Waals surface area contributed by atoms with Gasteiger partial charge in [-0.25, -0.2) is 0 Å². The van der Waals surface area contributed by atoms with Crippen molar-refractivity contribution >= 4 is 49.0 Å². The van der Waals surface area contributed by atoms with Gasteiger partial charge in [-0.1, -0.05) is 24.3 Å². The van der Waals surface area contributed by atoms with E-state index in [0.29, 0.717) is 6.42 Å². The standard InChI is InChI=1S/C13H10Br2OS/c1-8-4-2-3-5-9(8)6-11(16)12-7-10(14)13(15)17-12/h2-5,7H,6H2,1H3. The molecule has 0 aliphatic carbocycles. The van der Waals surface area contributed by atoms with Crippen molar-refractivity contribution in [2.24, 2.45) is 0 Å². The first-order chi connectivity index (χ1) is 8.08. The fourth-order valence-corrected chi connectivity index (χ4v) is 3.53. The molecule has 0 amide bonds. The lowest BCUT2D eigenvalue weighted by atomic mass is 10.0. The minimum atomic E-state index is 0.163. The molecule has 1 aromatic carbocycles. The van der Waals surface area contributed by atoms with Gasteiger partial charge in [0.15, 0.2) is 5.78 Å². The van der Waals surface area contributed by atoms with Gasteiger partial charge >= 0.3 is 0 Å². The van der Waals surface area contributed by atoms with Crippen LogP contribution in [0.1, 0.15) is 20.8 Å². The maximum absolute atomic E-state index is 12.1. The Morgan fingerprint density at radius 3 is 2.59 bits per heavy atom. The molecule has 88 valence electrons. The van der Waals surface area contributed by atoms with Crippen molar-refractivity contribution in [3.63, 3.8) is 0 Å². The smallest absolute Gasteiger partial charge is 0.177 e. The van der Waals surface area contributed by atoms with Crippen LogP contribution in [0.25, 0.3) is 0 Å². The van der Waals surface area contributed by atoms with Crippen molar-refractivity contribution in [1.82, 2.24) is 0 Å². The van der Waals surface area contributed by atoms with E-state index in [1.165, 1.54) is 11.3 Å². The van der Waals surface area contributed by atoms with E-state index in [4.69, 9.17) is 0 Å². The highest BCUT2D eigenvalue weighted by atomic mass is 79.9. The summed E-state index contributed by atoms with van der Waals surface area (Å²) in [4.78, 5) is 12.9. The van der Waals surface area contributed by atoms with Gasteiger partial charge in [-0.05, 0) is 56.0 Å². The molecule has 0 atom stereocenters. The Hall–Kier alpha value is -0.450. The van der Waals surface area contributed by atoms with Crippen LogP contribution in [-0.4, -0.2) is 5.78 Å². The molecule has 0 aliphatic heterocycles.